The van der Waals surface area contributed by atoms with E-state index in [1.807, 2.05) is 55.8 Å². The van der Waals surface area contributed by atoms with E-state index in [9.17, 15) is 13.2 Å². The van der Waals surface area contributed by atoms with Gasteiger partial charge in [0.25, 0.3) is 0 Å². The van der Waals surface area contributed by atoms with Crippen molar-refractivity contribution in [2.45, 2.75) is 39.5 Å². The number of alkyl halides is 3. The van der Waals surface area contributed by atoms with Crippen LogP contribution in [-0.2, 0) is 12.7 Å². The molecule has 0 bridgehead atoms. The highest BCUT2D eigenvalue weighted by atomic mass is 19.4. The number of aryl methyl sites for hydroxylation is 2. The molecule has 2 aromatic carbocycles. The van der Waals surface area contributed by atoms with Crippen molar-refractivity contribution in [3.05, 3.63) is 82.7 Å². The van der Waals surface area contributed by atoms with Gasteiger partial charge in [-0.1, -0.05) is 24.3 Å². The zero-order valence-electron chi connectivity index (χ0n) is 15.5. The van der Waals surface area contributed by atoms with E-state index in [1.165, 1.54) is 12.1 Å². The highest BCUT2D eigenvalue weighted by molar-refractivity contribution is 5.48. The largest absolute Gasteiger partial charge is 0.416 e. The van der Waals surface area contributed by atoms with Crippen molar-refractivity contribution in [1.82, 2.24) is 9.78 Å². The van der Waals surface area contributed by atoms with Crippen molar-refractivity contribution < 1.29 is 13.2 Å². The molecular weight excluding hydrogens is 351 g/mol. The minimum Gasteiger partial charge on any atom is -0.379 e. The molecule has 1 atom stereocenters. The summed E-state index contributed by atoms with van der Waals surface area (Å²) in [6, 6.07) is 15.2. The van der Waals surface area contributed by atoms with Gasteiger partial charge in [0.2, 0.25) is 0 Å². The van der Waals surface area contributed by atoms with Crippen molar-refractivity contribution in [1.29, 1.82) is 0 Å². The molecule has 3 nitrogen and oxygen atoms in total. The third kappa shape index (κ3) is 4.70. The first-order chi connectivity index (χ1) is 12.7. The summed E-state index contributed by atoms with van der Waals surface area (Å²) >= 11 is 0. The van der Waals surface area contributed by atoms with Gasteiger partial charge >= 0.3 is 6.18 Å². The molecule has 0 aliphatic heterocycles. The summed E-state index contributed by atoms with van der Waals surface area (Å²) in [7, 11) is 0. The Balaban J connectivity index is 1.71. The first-order valence-electron chi connectivity index (χ1n) is 8.76. The molecule has 142 valence electrons. The van der Waals surface area contributed by atoms with Crippen molar-refractivity contribution in [3.63, 3.8) is 0 Å². The van der Waals surface area contributed by atoms with Crippen molar-refractivity contribution in [2.75, 3.05) is 5.32 Å². The van der Waals surface area contributed by atoms with Crippen LogP contribution < -0.4 is 5.32 Å². The fourth-order valence-corrected chi connectivity index (χ4v) is 3.06. The van der Waals surface area contributed by atoms with Crippen LogP contribution in [0, 0.1) is 13.8 Å². The number of halogens is 3. The van der Waals surface area contributed by atoms with E-state index in [1.54, 1.807) is 0 Å². The van der Waals surface area contributed by atoms with Crippen LogP contribution in [0.1, 0.15) is 41.0 Å². The second-order valence-corrected chi connectivity index (χ2v) is 6.77. The monoisotopic (exact) mass is 373 g/mol. The highest BCUT2D eigenvalue weighted by Crippen LogP contribution is 2.30. The molecular formula is C21H22F3N3. The first kappa shape index (κ1) is 19.0. The number of nitrogens with one attached hydrogen (secondary N) is 1. The van der Waals surface area contributed by atoms with Crippen molar-refractivity contribution in [3.8, 4) is 0 Å². The Morgan fingerprint density at radius 2 is 1.74 bits per heavy atom. The van der Waals surface area contributed by atoms with E-state index >= 15 is 0 Å². The molecule has 0 saturated carbocycles. The van der Waals surface area contributed by atoms with Crippen molar-refractivity contribution in [2.24, 2.45) is 0 Å². The lowest BCUT2D eigenvalue weighted by molar-refractivity contribution is -0.137. The molecule has 27 heavy (non-hydrogen) atoms. The Labute approximate surface area is 156 Å². The van der Waals surface area contributed by atoms with E-state index in [4.69, 9.17) is 0 Å². The molecule has 0 fully saturated rings. The second-order valence-electron chi connectivity index (χ2n) is 6.77. The normalized spacial score (nSPS) is 12.8. The molecule has 6 heteroatoms. The Hall–Kier alpha value is -2.76. The van der Waals surface area contributed by atoms with Crippen LogP contribution in [0.2, 0.25) is 0 Å². The van der Waals surface area contributed by atoms with Gasteiger partial charge in [-0.25, -0.2) is 0 Å². The average Bonchev–Trinajstić information content (AvgIpc) is 2.91. The Bertz CT molecular complexity index is 911. The number of nitrogens with zero attached hydrogens (tertiary/aromatic N) is 2. The van der Waals surface area contributed by atoms with Gasteiger partial charge in [-0.05, 0) is 62.2 Å². The molecule has 0 spiro atoms. The van der Waals surface area contributed by atoms with Crippen molar-refractivity contribution >= 4 is 5.69 Å². The van der Waals surface area contributed by atoms with Gasteiger partial charge in [0, 0.05) is 17.4 Å². The summed E-state index contributed by atoms with van der Waals surface area (Å²) in [4.78, 5) is 0. The van der Waals surface area contributed by atoms with Crippen LogP contribution in [0.15, 0.2) is 54.6 Å². The molecule has 3 rings (SSSR count). The molecule has 0 aliphatic rings. The van der Waals surface area contributed by atoms with E-state index in [0.29, 0.717) is 6.54 Å². The molecule has 3 aromatic rings. The minimum atomic E-state index is -4.31. The average molecular weight is 373 g/mol. The topological polar surface area (TPSA) is 29.9 Å². The summed E-state index contributed by atoms with van der Waals surface area (Å²) in [6.07, 6.45) is -4.31. The van der Waals surface area contributed by atoms with Gasteiger partial charge in [-0.3, -0.25) is 4.68 Å². The number of aromatic nitrogens is 2. The fraction of sp³-hybridized carbons (Fsp3) is 0.286. The number of hydrogen-bond donors (Lipinski definition) is 1. The van der Waals surface area contributed by atoms with E-state index in [2.05, 4.69) is 10.4 Å². The summed E-state index contributed by atoms with van der Waals surface area (Å²) in [5, 5.41) is 7.83. The van der Waals surface area contributed by atoms with E-state index in [-0.39, 0.29) is 6.04 Å². The SMILES string of the molecule is Cc1cc(C)n(Cc2cccc(N[C@@H](C)c3ccc(C(F)(F)F)cc3)c2)n1. The lowest BCUT2D eigenvalue weighted by Crippen LogP contribution is -2.09. The maximum atomic E-state index is 12.7. The van der Waals surface area contributed by atoms with Crippen LogP contribution in [0.5, 0.6) is 0 Å². The zero-order chi connectivity index (χ0) is 19.6. The second kappa shape index (κ2) is 7.47. The van der Waals surface area contributed by atoms with Crippen LogP contribution >= 0.6 is 0 Å². The molecule has 0 radical (unpaired) electrons. The highest BCUT2D eigenvalue weighted by Gasteiger charge is 2.30. The van der Waals surface area contributed by atoms with Crippen LogP contribution in [-0.4, -0.2) is 9.78 Å². The number of hydrogen-bond acceptors (Lipinski definition) is 2. The lowest BCUT2D eigenvalue weighted by Gasteiger charge is -2.17. The van der Waals surface area contributed by atoms with Gasteiger partial charge < -0.3 is 5.32 Å². The quantitative estimate of drug-likeness (QED) is 0.618. The summed E-state index contributed by atoms with van der Waals surface area (Å²) in [5.41, 5.74) is 4.27. The van der Waals surface area contributed by atoms with Gasteiger partial charge in [0.1, 0.15) is 0 Å². The smallest absolute Gasteiger partial charge is 0.379 e. The molecule has 0 aliphatic carbocycles. The Morgan fingerprint density at radius 1 is 1.04 bits per heavy atom. The van der Waals surface area contributed by atoms with Gasteiger partial charge in [-0.2, -0.15) is 18.3 Å². The predicted molar refractivity (Wildman–Crippen MR) is 101 cm³/mol. The van der Waals surface area contributed by atoms with E-state index < -0.39 is 11.7 Å². The summed E-state index contributed by atoms with van der Waals surface area (Å²) in [5.74, 6) is 0. The molecule has 0 amide bonds. The Morgan fingerprint density at radius 3 is 2.33 bits per heavy atom. The standard InChI is InChI=1S/C21H22F3N3/c1-14-11-15(2)27(26-14)13-17-5-4-6-20(12-17)25-16(3)18-7-9-19(10-8-18)21(22,23)24/h4-12,16,25H,13H2,1-3H3/t16-/m0/s1. The van der Waals surface area contributed by atoms with Crippen LogP contribution in [0.4, 0.5) is 18.9 Å². The molecule has 1 aromatic heterocycles. The molecule has 1 heterocycles. The maximum absolute atomic E-state index is 12.7. The summed E-state index contributed by atoms with van der Waals surface area (Å²) in [6.45, 7) is 6.59. The molecule has 1 N–H and O–H groups in total. The third-order valence-electron chi connectivity index (χ3n) is 4.48. The number of benzene rings is 2. The fourth-order valence-electron chi connectivity index (χ4n) is 3.06. The maximum Gasteiger partial charge on any atom is 0.416 e. The Kier molecular flexibility index (Phi) is 5.26. The lowest BCUT2D eigenvalue weighted by atomic mass is 10.1. The minimum absolute atomic E-state index is 0.115. The van der Waals surface area contributed by atoms with Crippen LogP contribution in [0.25, 0.3) is 0 Å². The molecule has 0 saturated heterocycles. The number of anilines is 1. The van der Waals surface area contributed by atoms with E-state index in [0.717, 1.165) is 40.3 Å². The van der Waals surface area contributed by atoms with Gasteiger partial charge in [0.15, 0.2) is 0 Å². The van der Waals surface area contributed by atoms with Gasteiger partial charge in [0.05, 0.1) is 17.8 Å². The first-order valence-corrected chi connectivity index (χ1v) is 8.76. The van der Waals surface area contributed by atoms with Gasteiger partial charge in [-0.15, -0.1) is 0 Å². The van der Waals surface area contributed by atoms with Crippen LogP contribution in [0.3, 0.4) is 0 Å². The summed E-state index contributed by atoms with van der Waals surface area (Å²) < 4.78 is 40.0. The zero-order valence-corrected chi connectivity index (χ0v) is 15.5. The third-order valence-corrected chi connectivity index (χ3v) is 4.48. The molecule has 0 unspecified atom stereocenters. The number of rotatable bonds is 5. The predicted octanol–water partition coefficient (Wildman–Crippen LogP) is 5.74.